The molecule has 0 spiro atoms. The molecule has 0 amide bonds. The molecule has 2 N–H and O–H groups in total. The molecule has 2 unspecified atom stereocenters. The first-order valence-corrected chi connectivity index (χ1v) is 6.73. The smallest absolute Gasteiger partial charge is 0.119 e. The summed E-state index contributed by atoms with van der Waals surface area (Å²) in [4.78, 5) is 2.42. The Hall–Kier alpha value is -0.580. The highest BCUT2D eigenvalue weighted by molar-refractivity contribution is 9.10. The number of hydrogen-bond acceptors (Lipinski definition) is 3. The predicted molar refractivity (Wildman–Crippen MR) is 73.2 cm³/mol. The lowest BCUT2D eigenvalue weighted by atomic mass is 10.1. The molecule has 1 fully saturated rings. The van der Waals surface area contributed by atoms with Crippen LogP contribution in [0, 0.1) is 0 Å². The second kappa shape index (κ2) is 5.38. The van der Waals surface area contributed by atoms with E-state index in [1.165, 1.54) is 5.56 Å². The fourth-order valence-electron chi connectivity index (χ4n) is 2.27. The van der Waals surface area contributed by atoms with E-state index in [0.29, 0.717) is 12.1 Å². The van der Waals surface area contributed by atoms with E-state index < -0.39 is 0 Å². The maximum Gasteiger partial charge on any atom is 0.119 e. The lowest BCUT2D eigenvalue weighted by Gasteiger charge is -2.23. The summed E-state index contributed by atoms with van der Waals surface area (Å²) in [5, 5.41) is 0. The molecule has 17 heavy (non-hydrogen) atoms. The molecule has 0 radical (unpaired) electrons. The molecule has 4 heteroatoms. The number of ether oxygens (including phenoxy) is 1. The Bertz CT molecular complexity index is 397. The van der Waals surface area contributed by atoms with Crippen LogP contribution in [0.2, 0.25) is 0 Å². The Morgan fingerprint density at radius 1 is 1.53 bits per heavy atom. The van der Waals surface area contributed by atoms with Crippen molar-refractivity contribution >= 4 is 15.9 Å². The fourth-order valence-corrected chi connectivity index (χ4v) is 2.64. The molecule has 1 aliphatic heterocycles. The van der Waals surface area contributed by atoms with E-state index >= 15 is 0 Å². The average molecular weight is 299 g/mol. The minimum Gasteiger partial charge on any atom is -0.497 e. The lowest BCUT2D eigenvalue weighted by Crippen LogP contribution is -2.36. The van der Waals surface area contributed by atoms with Gasteiger partial charge >= 0.3 is 0 Å². The molecule has 94 valence electrons. The first-order valence-electron chi connectivity index (χ1n) is 5.94. The number of halogens is 1. The number of methoxy groups -OCH3 is 1. The van der Waals surface area contributed by atoms with E-state index in [2.05, 4.69) is 33.8 Å². The van der Waals surface area contributed by atoms with Crippen LogP contribution in [0.4, 0.5) is 0 Å². The van der Waals surface area contributed by atoms with E-state index in [0.717, 1.165) is 29.7 Å². The normalized spacial score (nSPS) is 25.2. The van der Waals surface area contributed by atoms with Gasteiger partial charge in [-0.1, -0.05) is 15.9 Å². The lowest BCUT2D eigenvalue weighted by molar-refractivity contribution is 0.251. The maximum atomic E-state index is 6.04. The molecule has 0 aliphatic carbocycles. The van der Waals surface area contributed by atoms with Gasteiger partial charge in [-0.15, -0.1) is 0 Å². The Labute approximate surface area is 111 Å². The number of hydrogen-bond donors (Lipinski definition) is 1. The summed E-state index contributed by atoms with van der Waals surface area (Å²) in [6.07, 6.45) is 1.09. The number of likely N-dealkylation sites (tertiary alicyclic amines) is 1. The van der Waals surface area contributed by atoms with E-state index in [1.807, 2.05) is 12.1 Å². The van der Waals surface area contributed by atoms with Gasteiger partial charge in [-0.3, -0.25) is 4.90 Å². The zero-order chi connectivity index (χ0) is 12.4. The third kappa shape index (κ3) is 2.81. The second-order valence-electron chi connectivity index (χ2n) is 4.62. The van der Waals surface area contributed by atoms with Crippen LogP contribution < -0.4 is 10.5 Å². The van der Waals surface area contributed by atoms with Gasteiger partial charge in [0.2, 0.25) is 0 Å². The molecule has 1 saturated heterocycles. The van der Waals surface area contributed by atoms with E-state index in [4.69, 9.17) is 10.5 Å². The number of benzene rings is 1. The van der Waals surface area contributed by atoms with Gasteiger partial charge in [0, 0.05) is 29.6 Å². The highest BCUT2D eigenvalue weighted by Crippen LogP contribution is 2.26. The van der Waals surface area contributed by atoms with Crippen LogP contribution >= 0.6 is 15.9 Å². The Morgan fingerprint density at radius 3 is 2.88 bits per heavy atom. The van der Waals surface area contributed by atoms with Crippen LogP contribution in [0.15, 0.2) is 22.7 Å². The van der Waals surface area contributed by atoms with Gasteiger partial charge in [0.15, 0.2) is 0 Å². The van der Waals surface area contributed by atoms with Crippen LogP contribution in [-0.2, 0) is 6.54 Å². The second-order valence-corrected chi connectivity index (χ2v) is 5.48. The fraction of sp³-hybridized carbons (Fsp3) is 0.538. The van der Waals surface area contributed by atoms with Gasteiger partial charge in [0.05, 0.1) is 7.11 Å². The summed E-state index contributed by atoms with van der Waals surface area (Å²) >= 11 is 3.59. The first kappa shape index (κ1) is 12.9. The summed E-state index contributed by atoms with van der Waals surface area (Å²) in [5.74, 6) is 0.902. The largest absolute Gasteiger partial charge is 0.497 e. The quantitative estimate of drug-likeness (QED) is 0.931. The summed E-state index contributed by atoms with van der Waals surface area (Å²) in [6.45, 7) is 4.20. The summed E-state index contributed by atoms with van der Waals surface area (Å²) < 4.78 is 6.39. The van der Waals surface area contributed by atoms with Crippen molar-refractivity contribution in [2.24, 2.45) is 5.73 Å². The number of nitrogens with two attached hydrogens (primary N) is 1. The van der Waals surface area contributed by atoms with Crippen molar-refractivity contribution in [3.05, 3.63) is 28.2 Å². The van der Waals surface area contributed by atoms with Crippen LogP contribution in [0.3, 0.4) is 0 Å². The monoisotopic (exact) mass is 298 g/mol. The molecule has 2 atom stereocenters. The van der Waals surface area contributed by atoms with E-state index in [-0.39, 0.29) is 0 Å². The topological polar surface area (TPSA) is 38.5 Å². The predicted octanol–water partition coefficient (Wildman–Crippen LogP) is 2.38. The summed E-state index contributed by atoms with van der Waals surface area (Å²) in [5.41, 5.74) is 7.29. The van der Waals surface area contributed by atoms with Crippen LogP contribution in [0.1, 0.15) is 18.9 Å². The van der Waals surface area contributed by atoms with Gasteiger partial charge in [-0.2, -0.15) is 0 Å². The minimum absolute atomic E-state index is 0.305. The van der Waals surface area contributed by atoms with Gasteiger partial charge in [0.1, 0.15) is 5.75 Å². The Kier molecular flexibility index (Phi) is 4.07. The zero-order valence-corrected chi connectivity index (χ0v) is 11.9. The van der Waals surface area contributed by atoms with Crippen molar-refractivity contribution in [1.29, 1.82) is 0 Å². The van der Waals surface area contributed by atoms with Crippen molar-refractivity contribution in [2.75, 3.05) is 13.7 Å². The Morgan fingerprint density at radius 2 is 2.29 bits per heavy atom. The third-order valence-electron chi connectivity index (χ3n) is 3.57. The first-order chi connectivity index (χ1) is 8.11. The number of nitrogens with zero attached hydrogens (tertiary/aromatic N) is 1. The molecule has 2 rings (SSSR count). The van der Waals surface area contributed by atoms with Gasteiger partial charge in [-0.25, -0.2) is 0 Å². The maximum absolute atomic E-state index is 6.04. The molecule has 0 bridgehead atoms. The van der Waals surface area contributed by atoms with Crippen LogP contribution in [-0.4, -0.2) is 30.6 Å². The molecular weight excluding hydrogens is 280 g/mol. The Balaban J connectivity index is 2.13. The van der Waals surface area contributed by atoms with Gasteiger partial charge in [0.25, 0.3) is 0 Å². The van der Waals surface area contributed by atoms with E-state index in [1.54, 1.807) is 7.11 Å². The van der Waals surface area contributed by atoms with Crippen molar-refractivity contribution < 1.29 is 4.74 Å². The third-order valence-corrected chi connectivity index (χ3v) is 4.35. The minimum atomic E-state index is 0.305. The molecule has 1 aliphatic rings. The van der Waals surface area contributed by atoms with E-state index in [9.17, 15) is 0 Å². The highest BCUT2D eigenvalue weighted by Gasteiger charge is 2.27. The molecule has 1 aromatic rings. The molecule has 0 aromatic heterocycles. The molecule has 3 nitrogen and oxygen atoms in total. The number of rotatable bonds is 3. The summed E-state index contributed by atoms with van der Waals surface area (Å²) in [7, 11) is 1.70. The average Bonchev–Trinajstić information content (AvgIpc) is 2.64. The highest BCUT2D eigenvalue weighted by atomic mass is 79.9. The molecule has 0 saturated carbocycles. The van der Waals surface area contributed by atoms with Crippen LogP contribution in [0.5, 0.6) is 5.75 Å². The molecule has 1 heterocycles. The molecule has 1 aromatic carbocycles. The van der Waals surface area contributed by atoms with Crippen molar-refractivity contribution in [2.45, 2.75) is 32.0 Å². The van der Waals surface area contributed by atoms with Crippen molar-refractivity contribution in [3.8, 4) is 5.75 Å². The molecular formula is C13H19BrN2O. The van der Waals surface area contributed by atoms with Crippen molar-refractivity contribution in [1.82, 2.24) is 4.90 Å². The van der Waals surface area contributed by atoms with Gasteiger partial charge in [-0.05, 0) is 37.1 Å². The zero-order valence-electron chi connectivity index (χ0n) is 10.3. The van der Waals surface area contributed by atoms with Crippen molar-refractivity contribution in [3.63, 3.8) is 0 Å². The standard InChI is InChI=1S/C13H19BrN2O/c1-9-13(15)5-6-16(9)8-10-7-11(17-2)3-4-12(10)14/h3-4,7,9,13H,5-6,8,15H2,1-2H3. The van der Waals surface area contributed by atoms with Crippen LogP contribution in [0.25, 0.3) is 0 Å². The summed E-state index contributed by atoms with van der Waals surface area (Å²) in [6, 6.07) is 6.84. The van der Waals surface area contributed by atoms with Gasteiger partial charge < -0.3 is 10.5 Å². The SMILES string of the molecule is COc1ccc(Br)c(CN2CCC(N)C2C)c1.